The smallest absolute Gasteiger partial charge is 0.270 e. The first-order chi connectivity index (χ1) is 18.4. The summed E-state index contributed by atoms with van der Waals surface area (Å²) in [4.78, 5) is 27.8. The molecule has 0 aliphatic carbocycles. The minimum atomic E-state index is -1.01. The fourth-order valence-electron chi connectivity index (χ4n) is 5.25. The molecule has 1 saturated heterocycles. The number of carbonyl (C=O) groups excluding carboxylic acids is 1. The number of fused-ring (bicyclic) bond motifs is 1. The average molecular weight is 536 g/mol. The Morgan fingerprint density at radius 1 is 1.03 bits per heavy atom. The highest BCUT2D eigenvalue weighted by molar-refractivity contribution is 6.03. The fourth-order valence-corrected chi connectivity index (χ4v) is 5.25. The molecule has 9 heteroatoms. The quantitative estimate of drug-likeness (QED) is 0.459. The SMILES string of the molecule is Cc1cc(-c2nc(Cc3ccc(N4CCN(C)CC4)c(F)c3)ncc2F)cc2c1OC(C)(C)C(=O)N2C(C)C. The van der Waals surface area contributed by atoms with Crippen LogP contribution in [-0.4, -0.2) is 65.6 Å². The van der Waals surface area contributed by atoms with Gasteiger partial charge in [-0.3, -0.25) is 4.79 Å². The molecular weight excluding hydrogens is 500 g/mol. The lowest BCUT2D eigenvalue weighted by molar-refractivity contribution is -0.133. The minimum absolute atomic E-state index is 0.122. The van der Waals surface area contributed by atoms with Crippen LogP contribution in [0.5, 0.6) is 5.75 Å². The van der Waals surface area contributed by atoms with Crippen LogP contribution in [-0.2, 0) is 11.2 Å². The number of anilines is 2. The van der Waals surface area contributed by atoms with Crippen molar-refractivity contribution in [1.29, 1.82) is 0 Å². The predicted octanol–water partition coefficient (Wildman–Crippen LogP) is 4.99. The van der Waals surface area contributed by atoms with Crippen LogP contribution in [0, 0.1) is 18.6 Å². The van der Waals surface area contributed by atoms with Gasteiger partial charge in [0.1, 0.15) is 23.1 Å². The summed E-state index contributed by atoms with van der Waals surface area (Å²) >= 11 is 0. The third-order valence-corrected chi connectivity index (χ3v) is 7.41. The van der Waals surface area contributed by atoms with Crippen LogP contribution in [0.15, 0.2) is 36.5 Å². The second-order valence-electron chi connectivity index (χ2n) is 11.3. The van der Waals surface area contributed by atoms with E-state index in [9.17, 15) is 4.79 Å². The van der Waals surface area contributed by atoms with Gasteiger partial charge in [0.15, 0.2) is 11.4 Å². The van der Waals surface area contributed by atoms with Gasteiger partial charge in [0.25, 0.3) is 5.91 Å². The van der Waals surface area contributed by atoms with E-state index in [0.29, 0.717) is 34.1 Å². The van der Waals surface area contributed by atoms with Crippen LogP contribution in [0.4, 0.5) is 20.2 Å². The lowest BCUT2D eigenvalue weighted by Gasteiger charge is -2.41. The van der Waals surface area contributed by atoms with Crippen LogP contribution in [0.3, 0.4) is 0 Å². The normalized spacial score (nSPS) is 17.4. The van der Waals surface area contributed by atoms with Crippen LogP contribution in [0.25, 0.3) is 11.3 Å². The first kappa shape index (κ1) is 27.0. The number of hydrogen-bond donors (Lipinski definition) is 0. The molecule has 2 aromatic carbocycles. The summed E-state index contributed by atoms with van der Waals surface area (Å²) in [5.74, 6) is -0.0435. The van der Waals surface area contributed by atoms with Crippen LogP contribution >= 0.6 is 0 Å². The van der Waals surface area contributed by atoms with E-state index in [2.05, 4.69) is 26.8 Å². The largest absolute Gasteiger partial charge is 0.476 e. The van der Waals surface area contributed by atoms with E-state index in [1.54, 1.807) is 30.9 Å². The Hall–Kier alpha value is -3.59. The Kier molecular flexibility index (Phi) is 7.05. The Morgan fingerprint density at radius 3 is 2.41 bits per heavy atom. The molecule has 0 unspecified atom stereocenters. The topological polar surface area (TPSA) is 61.8 Å². The van der Waals surface area contributed by atoms with Crippen molar-refractivity contribution in [3.8, 4) is 17.0 Å². The summed E-state index contributed by atoms with van der Waals surface area (Å²) in [6, 6.07) is 8.61. The first-order valence-corrected chi connectivity index (χ1v) is 13.4. The van der Waals surface area contributed by atoms with E-state index in [1.807, 2.05) is 32.9 Å². The number of aromatic nitrogens is 2. The standard InChI is InChI=1S/C30H35F2N5O2/c1-18(2)37-25-16-21(13-19(3)28(25)39-30(4,5)29(37)38)27-23(32)17-33-26(34-27)15-20-7-8-24(22(31)14-20)36-11-9-35(6)10-12-36/h7-8,13-14,16-18H,9-12,15H2,1-6H3. The van der Waals surface area contributed by atoms with E-state index in [-0.39, 0.29) is 29.9 Å². The summed E-state index contributed by atoms with van der Waals surface area (Å²) in [6.07, 6.45) is 1.40. The van der Waals surface area contributed by atoms with E-state index < -0.39 is 11.4 Å². The maximum absolute atomic E-state index is 15.1. The van der Waals surface area contributed by atoms with E-state index in [0.717, 1.165) is 37.9 Å². The molecule has 1 fully saturated rings. The minimum Gasteiger partial charge on any atom is -0.476 e. The molecule has 206 valence electrons. The summed E-state index contributed by atoms with van der Waals surface area (Å²) in [7, 11) is 2.06. The number of aryl methyl sites for hydroxylation is 1. The van der Waals surface area contributed by atoms with Gasteiger partial charge in [0, 0.05) is 44.2 Å². The van der Waals surface area contributed by atoms with Crippen LogP contribution in [0.1, 0.15) is 44.6 Å². The molecule has 7 nitrogen and oxygen atoms in total. The molecule has 2 aliphatic rings. The van der Waals surface area contributed by atoms with Crippen molar-refractivity contribution in [3.05, 3.63) is 65.1 Å². The molecule has 2 aliphatic heterocycles. The van der Waals surface area contributed by atoms with Gasteiger partial charge in [0.2, 0.25) is 0 Å². The van der Waals surface area contributed by atoms with Gasteiger partial charge < -0.3 is 19.4 Å². The molecule has 0 saturated carbocycles. The molecule has 0 atom stereocenters. The Balaban J connectivity index is 1.45. The Morgan fingerprint density at radius 2 is 1.74 bits per heavy atom. The van der Waals surface area contributed by atoms with Gasteiger partial charge in [0.05, 0.1) is 17.6 Å². The fraction of sp³-hybridized carbons (Fsp3) is 0.433. The van der Waals surface area contributed by atoms with Crippen molar-refractivity contribution in [1.82, 2.24) is 14.9 Å². The van der Waals surface area contributed by atoms with Crippen LogP contribution in [0.2, 0.25) is 0 Å². The number of hydrogen-bond acceptors (Lipinski definition) is 6. The van der Waals surface area contributed by atoms with Crippen molar-refractivity contribution >= 4 is 17.3 Å². The second-order valence-corrected chi connectivity index (χ2v) is 11.3. The number of rotatable bonds is 5. The number of benzene rings is 2. The summed E-state index contributed by atoms with van der Waals surface area (Å²) in [5.41, 5.74) is 2.29. The molecule has 5 rings (SSSR count). The van der Waals surface area contributed by atoms with Gasteiger partial charge in [-0.05, 0) is 77.1 Å². The molecule has 3 aromatic rings. The molecule has 3 heterocycles. The highest BCUT2D eigenvalue weighted by Gasteiger charge is 2.42. The number of amides is 1. The molecule has 1 amide bonds. The zero-order chi connectivity index (χ0) is 28.1. The van der Waals surface area contributed by atoms with E-state index >= 15 is 8.78 Å². The van der Waals surface area contributed by atoms with Crippen molar-refractivity contribution in [2.45, 2.75) is 52.7 Å². The Labute approximate surface area is 228 Å². The number of nitrogens with zero attached hydrogens (tertiary/aromatic N) is 5. The predicted molar refractivity (Wildman–Crippen MR) is 148 cm³/mol. The molecule has 0 N–H and O–H groups in total. The van der Waals surface area contributed by atoms with Crippen molar-refractivity contribution in [2.24, 2.45) is 0 Å². The number of ether oxygens (including phenoxy) is 1. The van der Waals surface area contributed by atoms with Gasteiger partial charge in [-0.15, -0.1) is 0 Å². The molecule has 0 radical (unpaired) electrons. The lowest BCUT2D eigenvalue weighted by atomic mass is 9.98. The van der Waals surface area contributed by atoms with E-state index in [1.165, 1.54) is 6.07 Å². The van der Waals surface area contributed by atoms with Gasteiger partial charge in [-0.2, -0.15) is 0 Å². The molecular formula is C30H35F2N5O2. The van der Waals surface area contributed by atoms with Crippen LogP contribution < -0.4 is 14.5 Å². The number of carbonyl (C=O) groups is 1. The number of likely N-dealkylation sites (N-methyl/N-ethyl adjacent to an activating group) is 1. The molecule has 1 aromatic heterocycles. The third kappa shape index (κ3) is 5.20. The summed E-state index contributed by atoms with van der Waals surface area (Å²) in [6.45, 7) is 12.6. The average Bonchev–Trinajstić information content (AvgIpc) is 2.87. The zero-order valence-corrected chi connectivity index (χ0v) is 23.4. The number of halogens is 2. The van der Waals surface area contributed by atoms with Gasteiger partial charge >= 0.3 is 0 Å². The molecule has 0 bridgehead atoms. The van der Waals surface area contributed by atoms with Crippen molar-refractivity contribution in [2.75, 3.05) is 43.0 Å². The Bertz CT molecular complexity index is 1420. The molecule has 0 spiro atoms. The summed E-state index contributed by atoms with van der Waals surface area (Å²) in [5, 5.41) is 0. The third-order valence-electron chi connectivity index (χ3n) is 7.41. The lowest BCUT2D eigenvalue weighted by Crippen LogP contribution is -2.55. The first-order valence-electron chi connectivity index (χ1n) is 13.4. The maximum Gasteiger partial charge on any atom is 0.270 e. The van der Waals surface area contributed by atoms with Crippen molar-refractivity contribution in [3.63, 3.8) is 0 Å². The highest BCUT2D eigenvalue weighted by Crippen LogP contribution is 2.44. The summed E-state index contributed by atoms with van der Waals surface area (Å²) < 4.78 is 36.2. The van der Waals surface area contributed by atoms with Crippen molar-refractivity contribution < 1.29 is 18.3 Å². The number of piperazine rings is 1. The monoisotopic (exact) mass is 535 g/mol. The van der Waals surface area contributed by atoms with E-state index in [4.69, 9.17) is 4.74 Å². The second kappa shape index (κ2) is 10.2. The zero-order valence-electron chi connectivity index (χ0n) is 23.4. The van der Waals surface area contributed by atoms with Gasteiger partial charge in [-0.1, -0.05) is 6.07 Å². The highest BCUT2D eigenvalue weighted by atomic mass is 19.1. The van der Waals surface area contributed by atoms with Gasteiger partial charge in [-0.25, -0.2) is 18.7 Å². The molecule has 39 heavy (non-hydrogen) atoms. The maximum atomic E-state index is 15.1.